The highest BCUT2D eigenvalue weighted by molar-refractivity contribution is 7.17. The van der Waals surface area contributed by atoms with Crippen molar-refractivity contribution < 1.29 is 37.6 Å². The number of nitrogens with one attached hydrogen (secondary N) is 1. The Labute approximate surface area is 209 Å². The number of hydrogen-bond donors (Lipinski definition) is 1. The second-order valence-corrected chi connectivity index (χ2v) is 9.13. The van der Waals surface area contributed by atoms with Crippen LogP contribution in [0.1, 0.15) is 46.8 Å². The maximum absolute atomic E-state index is 12.4. The summed E-state index contributed by atoms with van der Waals surface area (Å²) in [5, 5.41) is 0. The SMILES string of the molecule is C#C[C@]1(C)[C@H](CCOCC[C@H](OC(C)=O)C(=O)OC(C)C)[C@@H](COP=O)O[C@H]1n1ccc(=O)[nH]c1=O. The molecule has 1 fully saturated rings. The van der Waals surface area contributed by atoms with Gasteiger partial charge in [-0.05, 0) is 27.2 Å². The third kappa shape index (κ3) is 7.58. The van der Waals surface area contributed by atoms with E-state index in [1.807, 2.05) is 0 Å². The first-order chi connectivity index (χ1) is 17.0. The van der Waals surface area contributed by atoms with E-state index in [1.54, 1.807) is 20.8 Å². The predicted octanol–water partition coefficient (Wildman–Crippen LogP) is 1.59. The van der Waals surface area contributed by atoms with E-state index in [0.29, 0.717) is 6.42 Å². The molecule has 1 saturated heterocycles. The number of H-pyrrole nitrogens is 1. The summed E-state index contributed by atoms with van der Waals surface area (Å²) in [5.74, 6) is 1.06. The molecule has 0 aliphatic carbocycles. The molecule has 13 heteroatoms. The summed E-state index contributed by atoms with van der Waals surface area (Å²) in [6.07, 6.45) is 4.64. The Bertz CT molecular complexity index is 1080. The van der Waals surface area contributed by atoms with Gasteiger partial charge in [0.25, 0.3) is 5.56 Å². The monoisotopic (exact) mass is 526 g/mol. The lowest BCUT2D eigenvalue weighted by Gasteiger charge is -2.31. The van der Waals surface area contributed by atoms with E-state index in [0.717, 1.165) is 0 Å². The van der Waals surface area contributed by atoms with Crippen LogP contribution in [0.4, 0.5) is 0 Å². The standard InChI is InChI=1S/C23H31N2O10P/c1-6-23(5)16(8-11-31-12-9-17(34-15(4)26)20(28)33-14(2)3)18(13-32-36-30)35-21(23)25-10-7-19(27)24-22(25)29/h1,7,10,14,16-18,21H,8-9,11-13H2,2-5H3,(H,24,27,29)/t16-,17+,18-,21-,23-/m1/s1. The molecule has 5 atom stereocenters. The summed E-state index contributed by atoms with van der Waals surface area (Å²) in [6.45, 7) is 6.54. The number of carbonyl (C=O) groups excluding carboxylic acids is 2. The Balaban J connectivity index is 2.09. The van der Waals surface area contributed by atoms with Crippen LogP contribution in [-0.2, 0) is 37.6 Å². The van der Waals surface area contributed by atoms with Crippen molar-refractivity contribution in [2.24, 2.45) is 11.3 Å². The van der Waals surface area contributed by atoms with E-state index in [1.165, 1.54) is 23.8 Å². The minimum Gasteiger partial charge on any atom is -0.460 e. The van der Waals surface area contributed by atoms with Crippen molar-refractivity contribution >= 4 is 20.6 Å². The second-order valence-electron chi connectivity index (χ2n) is 8.72. The van der Waals surface area contributed by atoms with Crippen molar-refractivity contribution in [1.82, 2.24) is 9.55 Å². The maximum atomic E-state index is 12.4. The summed E-state index contributed by atoms with van der Waals surface area (Å²) in [7, 11) is -0.539. The molecular weight excluding hydrogens is 495 g/mol. The summed E-state index contributed by atoms with van der Waals surface area (Å²) in [5.41, 5.74) is -2.26. The van der Waals surface area contributed by atoms with E-state index in [-0.39, 0.29) is 38.3 Å². The van der Waals surface area contributed by atoms with Gasteiger partial charge >= 0.3 is 26.3 Å². The van der Waals surface area contributed by atoms with Crippen molar-refractivity contribution in [3.8, 4) is 12.3 Å². The van der Waals surface area contributed by atoms with Crippen molar-refractivity contribution in [2.45, 2.75) is 65.1 Å². The van der Waals surface area contributed by atoms with E-state index in [9.17, 15) is 23.7 Å². The molecular formula is C23H31N2O10P. The highest BCUT2D eigenvalue weighted by Crippen LogP contribution is 2.50. The number of esters is 2. The summed E-state index contributed by atoms with van der Waals surface area (Å²) in [4.78, 5) is 49.6. The lowest BCUT2D eigenvalue weighted by molar-refractivity contribution is -0.170. The number of rotatable bonds is 13. The first-order valence-electron chi connectivity index (χ1n) is 11.4. The minimum atomic E-state index is -1.09. The Morgan fingerprint density at radius 3 is 2.61 bits per heavy atom. The fraction of sp³-hybridized carbons (Fsp3) is 0.652. The summed E-state index contributed by atoms with van der Waals surface area (Å²) < 4.78 is 39.0. The van der Waals surface area contributed by atoms with Crippen molar-refractivity contribution in [3.05, 3.63) is 33.1 Å². The molecule has 2 rings (SSSR count). The normalized spacial score (nSPS) is 24.4. The first-order valence-corrected chi connectivity index (χ1v) is 12.1. The largest absolute Gasteiger partial charge is 0.460 e. The van der Waals surface area contributed by atoms with Crippen LogP contribution in [0.5, 0.6) is 0 Å². The molecule has 0 amide bonds. The predicted molar refractivity (Wildman–Crippen MR) is 126 cm³/mol. The molecule has 1 aromatic heterocycles. The highest BCUT2D eigenvalue weighted by atomic mass is 31.1. The van der Waals surface area contributed by atoms with Crippen LogP contribution in [-0.4, -0.2) is 59.6 Å². The molecule has 0 unspecified atom stereocenters. The molecule has 0 bridgehead atoms. The van der Waals surface area contributed by atoms with Crippen LogP contribution in [0.2, 0.25) is 0 Å². The molecule has 2 heterocycles. The minimum absolute atomic E-state index is 0.0584. The molecule has 0 radical (unpaired) electrons. The third-order valence-corrected chi connectivity index (χ3v) is 6.02. The lowest BCUT2D eigenvalue weighted by atomic mass is 9.74. The van der Waals surface area contributed by atoms with Gasteiger partial charge in [0, 0.05) is 38.1 Å². The van der Waals surface area contributed by atoms with Crippen LogP contribution >= 0.6 is 8.69 Å². The average Bonchev–Trinajstić information content (AvgIpc) is 3.07. The zero-order valence-corrected chi connectivity index (χ0v) is 21.5. The molecule has 1 N–H and O–H groups in total. The van der Waals surface area contributed by atoms with Gasteiger partial charge in [-0.1, -0.05) is 5.92 Å². The molecule has 36 heavy (non-hydrogen) atoms. The molecule has 1 aliphatic rings. The summed E-state index contributed by atoms with van der Waals surface area (Å²) in [6, 6.07) is 1.18. The van der Waals surface area contributed by atoms with E-state index >= 15 is 0 Å². The molecule has 1 aromatic rings. The van der Waals surface area contributed by atoms with Gasteiger partial charge in [0.1, 0.15) is 0 Å². The Morgan fingerprint density at radius 1 is 1.31 bits per heavy atom. The van der Waals surface area contributed by atoms with E-state index < -0.39 is 55.7 Å². The van der Waals surface area contributed by atoms with Crippen LogP contribution in [0.25, 0.3) is 0 Å². The average molecular weight is 526 g/mol. The number of ether oxygens (including phenoxy) is 4. The lowest BCUT2D eigenvalue weighted by Crippen LogP contribution is -2.38. The van der Waals surface area contributed by atoms with Gasteiger partial charge in [0.05, 0.1) is 30.8 Å². The zero-order valence-electron chi connectivity index (χ0n) is 20.6. The van der Waals surface area contributed by atoms with E-state index in [2.05, 4.69) is 10.9 Å². The van der Waals surface area contributed by atoms with Crippen LogP contribution < -0.4 is 11.2 Å². The van der Waals surface area contributed by atoms with Gasteiger partial charge in [0.2, 0.25) is 6.10 Å². The first kappa shape index (κ1) is 29.4. The topological polar surface area (TPSA) is 152 Å². The number of aromatic nitrogens is 2. The van der Waals surface area contributed by atoms with Gasteiger partial charge < -0.3 is 18.9 Å². The van der Waals surface area contributed by atoms with Gasteiger partial charge in [-0.25, -0.2) is 14.2 Å². The maximum Gasteiger partial charge on any atom is 0.347 e. The van der Waals surface area contributed by atoms with Crippen molar-refractivity contribution in [3.63, 3.8) is 0 Å². The molecule has 12 nitrogen and oxygen atoms in total. The van der Waals surface area contributed by atoms with Crippen LogP contribution in [0.3, 0.4) is 0 Å². The zero-order chi connectivity index (χ0) is 26.9. The quantitative estimate of drug-likeness (QED) is 0.174. The number of nitrogens with zero attached hydrogens (tertiary/aromatic N) is 1. The molecule has 0 saturated carbocycles. The number of aromatic amines is 1. The molecule has 198 valence electrons. The van der Waals surface area contributed by atoms with Gasteiger partial charge in [-0.15, -0.1) is 6.42 Å². The number of terminal acetylenes is 1. The smallest absolute Gasteiger partial charge is 0.347 e. The van der Waals surface area contributed by atoms with Gasteiger partial charge in [-0.3, -0.25) is 23.7 Å². The molecule has 1 aliphatic heterocycles. The Hall–Kier alpha value is -2.84. The fourth-order valence-electron chi connectivity index (χ4n) is 4.10. The molecule has 0 aromatic carbocycles. The second kappa shape index (κ2) is 13.5. The van der Waals surface area contributed by atoms with E-state index in [4.69, 9.17) is 29.9 Å². The summed E-state index contributed by atoms with van der Waals surface area (Å²) >= 11 is 0. The Kier molecular flexibility index (Phi) is 11.0. The van der Waals surface area contributed by atoms with Crippen molar-refractivity contribution in [1.29, 1.82) is 0 Å². The van der Waals surface area contributed by atoms with Gasteiger partial charge in [0.15, 0.2) is 6.23 Å². The highest BCUT2D eigenvalue weighted by Gasteiger charge is 2.53. The van der Waals surface area contributed by atoms with Crippen LogP contribution in [0.15, 0.2) is 21.9 Å². The number of hydrogen-bond acceptors (Lipinski definition) is 10. The fourth-order valence-corrected chi connectivity index (χ4v) is 4.30. The Morgan fingerprint density at radius 2 is 2.03 bits per heavy atom. The van der Waals surface area contributed by atoms with Crippen molar-refractivity contribution in [2.75, 3.05) is 19.8 Å². The van der Waals surface area contributed by atoms with Gasteiger partial charge in [-0.2, -0.15) is 0 Å². The molecule has 0 spiro atoms. The number of carbonyl (C=O) groups is 2. The van der Waals surface area contributed by atoms with Crippen LogP contribution in [0, 0.1) is 23.7 Å². The third-order valence-electron chi connectivity index (χ3n) is 5.76.